The molecule has 0 bridgehead atoms. The maximum Gasteiger partial charge on any atom is 0.153 e. The lowest BCUT2D eigenvalue weighted by molar-refractivity contribution is 0.484. The molecule has 0 aliphatic carbocycles. The Hall–Kier alpha value is -2.35. The summed E-state index contributed by atoms with van der Waals surface area (Å²) in [5, 5.41) is 2.34. The Balaban J connectivity index is 2.22. The summed E-state index contributed by atoms with van der Waals surface area (Å²) >= 11 is 0. The molecule has 0 saturated heterocycles. The monoisotopic (exact) mass is 219 g/mol. The van der Waals surface area contributed by atoms with E-state index in [0.29, 0.717) is 0 Å². The fourth-order valence-corrected chi connectivity index (χ4v) is 2.38. The zero-order valence-electron chi connectivity index (χ0n) is 9.05. The molecule has 1 aliphatic rings. The summed E-state index contributed by atoms with van der Waals surface area (Å²) in [4.78, 5) is 4.42. The Kier molecular flexibility index (Phi) is 1.59. The quantitative estimate of drug-likeness (QED) is 0.446. The molecule has 0 radical (unpaired) electrons. The molecule has 80 valence electrons. The van der Waals surface area contributed by atoms with Crippen LogP contribution in [0.25, 0.3) is 22.0 Å². The van der Waals surface area contributed by atoms with Crippen molar-refractivity contribution in [2.45, 2.75) is 0 Å². The average Bonchev–Trinajstić information content (AvgIpc) is 2.39. The van der Waals surface area contributed by atoms with Crippen LogP contribution in [0.5, 0.6) is 11.5 Å². The van der Waals surface area contributed by atoms with Gasteiger partial charge in [-0.15, -0.1) is 0 Å². The topological polar surface area (TPSA) is 22.1 Å². The maximum absolute atomic E-state index is 5.89. The van der Waals surface area contributed by atoms with E-state index >= 15 is 0 Å². The number of nitrogens with zero attached hydrogens (tertiary/aromatic N) is 1. The largest absolute Gasteiger partial charge is 0.454 e. The standard InChI is InChI=1S/C15H9NO/c1-4-10-5-2-7-12-14(10)11(6-1)15-13(17-12)8-3-9-16-15/h1-9H. The molecule has 2 heteroatoms. The number of aromatic nitrogens is 1. The normalized spacial score (nSPS) is 12.0. The van der Waals surface area contributed by atoms with Crippen molar-refractivity contribution in [2.75, 3.05) is 0 Å². The van der Waals surface area contributed by atoms with Crippen LogP contribution in [0.15, 0.2) is 54.7 Å². The number of fused-ring (bicyclic) bond motifs is 2. The third kappa shape index (κ3) is 1.12. The predicted octanol–water partition coefficient (Wildman–Crippen LogP) is 4.01. The molecule has 3 aromatic rings. The summed E-state index contributed by atoms with van der Waals surface area (Å²) in [5.74, 6) is 1.75. The summed E-state index contributed by atoms with van der Waals surface area (Å²) in [5.41, 5.74) is 2.08. The minimum absolute atomic E-state index is 0.832. The van der Waals surface area contributed by atoms with Gasteiger partial charge in [-0.3, -0.25) is 4.98 Å². The summed E-state index contributed by atoms with van der Waals surface area (Å²) in [6.45, 7) is 0. The van der Waals surface area contributed by atoms with Crippen LogP contribution in [0.3, 0.4) is 0 Å². The number of rotatable bonds is 0. The Labute approximate surface area is 98.5 Å². The van der Waals surface area contributed by atoms with Gasteiger partial charge >= 0.3 is 0 Å². The predicted molar refractivity (Wildman–Crippen MR) is 67.3 cm³/mol. The minimum Gasteiger partial charge on any atom is -0.454 e. The van der Waals surface area contributed by atoms with E-state index in [-0.39, 0.29) is 0 Å². The number of ether oxygens (including phenoxy) is 1. The summed E-state index contributed by atoms with van der Waals surface area (Å²) in [6, 6.07) is 16.2. The zero-order valence-corrected chi connectivity index (χ0v) is 9.05. The van der Waals surface area contributed by atoms with Crippen LogP contribution in [0.1, 0.15) is 0 Å². The molecule has 0 spiro atoms. The van der Waals surface area contributed by atoms with Crippen molar-refractivity contribution < 1.29 is 4.74 Å². The maximum atomic E-state index is 5.89. The van der Waals surface area contributed by atoms with E-state index in [9.17, 15) is 0 Å². The fraction of sp³-hybridized carbons (Fsp3) is 0. The second-order valence-corrected chi connectivity index (χ2v) is 4.11. The smallest absolute Gasteiger partial charge is 0.153 e. The number of benzene rings is 2. The van der Waals surface area contributed by atoms with Crippen molar-refractivity contribution in [2.24, 2.45) is 0 Å². The Morgan fingerprint density at radius 3 is 2.59 bits per heavy atom. The second kappa shape index (κ2) is 3.08. The van der Waals surface area contributed by atoms with Gasteiger partial charge in [-0.1, -0.05) is 30.3 Å². The van der Waals surface area contributed by atoms with Gasteiger partial charge in [0.2, 0.25) is 0 Å². The average molecular weight is 219 g/mol. The van der Waals surface area contributed by atoms with Gasteiger partial charge in [0.05, 0.1) is 0 Å². The molecule has 0 fully saturated rings. The van der Waals surface area contributed by atoms with Crippen LogP contribution in [0.4, 0.5) is 0 Å². The minimum atomic E-state index is 0.832. The Morgan fingerprint density at radius 2 is 1.65 bits per heavy atom. The fourth-order valence-electron chi connectivity index (χ4n) is 2.38. The molecular formula is C15H9NO. The highest BCUT2D eigenvalue weighted by Crippen LogP contribution is 2.44. The molecule has 0 saturated carbocycles. The molecule has 2 aromatic carbocycles. The van der Waals surface area contributed by atoms with E-state index in [1.54, 1.807) is 6.20 Å². The number of hydrogen-bond acceptors (Lipinski definition) is 2. The molecule has 0 unspecified atom stereocenters. The molecule has 1 aliphatic heterocycles. The number of hydrogen-bond donors (Lipinski definition) is 0. The first-order chi connectivity index (χ1) is 8.43. The molecular weight excluding hydrogens is 210 g/mol. The van der Waals surface area contributed by atoms with Crippen LogP contribution >= 0.6 is 0 Å². The zero-order chi connectivity index (χ0) is 11.2. The van der Waals surface area contributed by atoms with Gasteiger partial charge in [-0.25, -0.2) is 0 Å². The lowest BCUT2D eigenvalue weighted by Gasteiger charge is -2.19. The van der Waals surface area contributed by atoms with Gasteiger partial charge < -0.3 is 4.74 Å². The van der Waals surface area contributed by atoms with Gasteiger partial charge in [-0.2, -0.15) is 0 Å². The summed E-state index contributed by atoms with van der Waals surface area (Å²) in [7, 11) is 0. The van der Waals surface area contributed by atoms with E-state index in [1.165, 1.54) is 5.39 Å². The Bertz CT molecular complexity index is 729. The highest BCUT2D eigenvalue weighted by Gasteiger charge is 2.19. The van der Waals surface area contributed by atoms with E-state index in [4.69, 9.17) is 4.74 Å². The van der Waals surface area contributed by atoms with Crippen LogP contribution in [-0.4, -0.2) is 4.98 Å². The van der Waals surface area contributed by atoms with Gasteiger partial charge in [0.15, 0.2) is 5.75 Å². The molecule has 17 heavy (non-hydrogen) atoms. The molecule has 0 amide bonds. The highest BCUT2D eigenvalue weighted by molar-refractivity contribution is 6.02. The van der Waals surface area contributed by atoms with E-state index in [1.807, 2.05) is 24.3 Å². The van der Waals surface area contributed by atoms with Gasteiger partial charge in [0.1, 0.15) is 11.4 Å². The van der Waals surface area contributed by atoms with Crippen LogP contribution in [0, 0.1) is 0 Å². The van der Waals surface area contributed by atoms with Gasteiger partial charge in [0, 0.05) is 17.1 Å². The van der Waals surface area contributed by atoms with Crippen molar-refractivity contribution in [3.8, 4) is 22.8 Å². The van der Waals surface area contributed by atoms with E-state index in [2.05, 4.69) is 29.2 Å². The van der Waals surface area contributed by atoms with Crippen molar-refractivity contribution in [1.82, 2.24) is 4.98 Å². The van der Waals surface area contributed by atoms with Crippen LogP contribution < -0.4 is 4.74 Å². The third-order valence-electron chi connectivity index (χ3n) is 3.11. The molecule has 0 N–H and O–H groups in total. The first-order valence-electron chi connectivity index (χ1n) is 5.58. The van der Waals surface area contributed by atoms with Crippen molar-refractivity contribution in [1.29, 1.82) is 0 Å². The highest BCUT2D eigenvalue weighted by atomic mass is 16.5. The third-order valence-corrected chi connectivity index (χ3v) is 3.11. The Morgan fingerprint density at radius 1 is 0.824 bits per heavy atom. The molecule has 1 aromatic heterocycles. The lowest BCUT2D eigenvalue weighted by atomic mass is 9.98. The van der Waals surface area contributed by atoms with Crippen LogP contribution in [0.2, 0.25) is 0 Å². The SMILES string of the molecule is c1cnc2c(c1)Oc1cccc3cccc-2c13. The molecule has 2 heterocycles. The van der Waals surface area contributed by atoms with Crippen molar-refractivity contribution in [3.05, 3.63) is 54.7 Å². The second-order valence-electron chi connectivity index (χ2n) is 4.11. The summed E-state index contributed by atoms with van der Waals surface area (Å²) in [6.07, 6.45) is 1.80. The number of pyridine rings is 1. The van der Waals surface area contributed by atoms with E-state index in [0.717, 1.165) is 28.1 Å². The molecule has 4 rings (SSSR count). The van der Waals surface area contributed by atoms with Gasteiger partial charge in [-0.05, 0) is 23.6 Å². The first-order valence-corrected chi connectivity index (χ1v) is 5.58. The van der Waals surface area contributed by atoms with Gasteiger partial charge in [0.25, 0.3) is 0 Å². The first kappa shape index (κ1) is 8.76. The lowest BCUT2D eigenvalue weighted by Crippen LogP contribution is -1.98. The molecule has 0 atom stereocenters. The summed E-state index contributed by atoms with van der Waals surface area (Å²) < 4.78 is 5.89. The van der Waals surface area contributed by atoms with Crippen molar-refractivity contribution in [3.63, 3.8) is 0 Å². The van der Waals surface area contributed by atoms with E-state index < -0.39 is 0 Å². The van der Waals surface area contributed by atoms with Crippen LogP contribution in [-0.2, 0) is 0 Å². The molecule has 2 nitrogen and oxygen atoms in total. The van der Waals surface area contributed by atoms with Crippen molar-refractivity contribution >= 4 is 10.8 Å².